The Bertz CT molecular complexity index is 771. The molecule has 0 aliphatic rings. The average molecular weight is 328 g/mol. The van der Waals surface area contributed by atoms with Crippen molar-refractivity contribution < 1.29 is 19.0 Å². The van der Waals surface area contributed by atoms with Crippen LogP contribution in [-0.4, -0.2) is 17.1 Å². The lowest BCUT2D eigenvalue weighted by Crippen LogP contribution is -2.35. The molecule has 0 spiro atoms. The van der Waals surface area contributed by atoms with E-state index in [0.717, 1.165) is 0 Å². The fourth-order valence-corrected chi connectivity index (χ4v) is 2.09. The summed E-state index contributed by atoms with van der Waals surface area (Å²) in [5, 5.41) is 20.6. The van der Waals surface area contributed by atoms with Crippen LogP contribution in [0.2, 0.25) is 0 Å². The molecule has 24 heavy (non-hydrogen) atoms. The van der Waals surface area contributed by atoms with Crippen LogP contribution in [0.4, 0.5) is 4.39 Å². The third kappa shape index (κ3) is 4.54. The van der Waals surface area contributed by atoms with E-state index in [2.05, 4.69) is 5.32 Å². The number of nitrogens with one attached hydrogen (secondary N) is 1. The van der Waals surface area contributed by atoms with Crippen LogP contribution in [0.25, 0.3) is 0 Å². The van der Waals surface area contributed by atoms with Crippen molar-refractivity contribution in [3.63, 3.8) is 0 Å². The third-order valence-electron chi connectivity index (χ3n) is 3.39. The van der Waals surface area contributed by atoms with Crippen LogP contribution in [0.15, 0.2) is 42.5 Å². The first-order valence-electron chi connectivity index (χ1n) is 7.36. The lowest BCUT2D eigenvalue weighted by Gasteiger charge is -2.15. The summed E-state index contributed by atoms with van der Waals surface area (Å²) >= 11 is 0. The van der Waals surface area contributed by atoms with Crippen molar-refractivity contribution >= 4 is 5.91 Å². The third-order valence-corrected chi connectivity index (χ3v) is 3.39. The number of aliphatic hydroxyl groups is 1. The number of carbonyl (C=O) groups excluding carboxylic acids is 1. The molecule has 2 aromatic carbocycles. The molecule has 0 aromatic heterocycles. The highest BCUT2D eigenvalue weighted by molar-refractivity contribution is 5.80. The van der Waals surface area contributed by atoms with Gasteiger partial charge in [-0.3, -0.25) is 4.79 Å². The van der Waals surface area contributed by atoms with Gasteiger partial charge >= 0.3 is 0 Å². The summed E-state index contributed by atoms with van der Waals surface area (Å²) in [4.78, 5) is 12.1. The van der Waals surface area contributed by atoms with Crippen molar-refractivity contribution in [1.82, 2.24) is 5.32 Å². The molecule has 1 amide bonds. The standard InChI is InChI=1S/C18H17FN2O3/c1-12(24-16-4-2-3-13(8-16)9-20)18(23)21-10-14-5-6-17(19)15(7-14)11-22/h2-8,12,22H,10-11H2,1H3,(H,21,23). The van der Waals surface area contributed by atoms with Gasteiger partial charge in [0.25, 0.3) is 5.91 Å². The van der Waals surface area contributed by atoms with Gasteiger partial charge in [-0.1, -0.05) is 12.1 Å². The first kappa shape index (κ1) is 17.4. The molecule has 2 aromatic rings. The summed E-state index contributed by atoms with van der Waals surface area (Å²) < 4.78 is 18.8. The van der Waals surface area contributed by atoms with Crippen LogP contribution in [0.1, 0.15) is 23.6 Å². The number of halogens is 1. The molecule has 1 atom stereocenters. The zero-order valence-corrected chi connectivity index (χ0v) is 13.1. The molecule has 0 fully saturated rings. The highest BCUT2D eigenvalue weighted by Gasteiger charge is 2.14. The van der Waals surface area contributed by atoms with Crippen LogP contribution in [0.3, 0.4) is 0 Å². The summed E-state index contributed by atoms with van der Waals surface area (Å²) in [5.74, 6) is -0.394. The maximum Gasteiger partial charge on any atom is 0.261 e. The minimum absolute atomic E-state index is 0.180. The zero-order valence-electron chi connectivity index (χ0n) is 13.1. The van der Waals surface area contributed by atoms with E-state index >= 15 is 0 Å². The van der Waals surface area contributed by atoms with Crippen molar-refractivity contribution in [2.24, 2.45) is 0 Å². The van der Waals surface area contributed by atoms with E-state index in [9.17, 15) is 9.18 Å². The van der Waals surface area contributed by atoms with Crippen LogP contribution in [0, 0.1) is 17.1 Å². The molecule has 5 nitrogen and oxygen atoms in total. The van der Waals surface area contributed by atoms with E-state index in [1.807, 2.05) is 6.07 Å². The van der Waals surface area contributed by atoms with Gasteiger partial charge in [0.15, 0.2) is 6.10 Å². The molecule has 6 heteroatoms. The van der Waals surface area contributed by atoms with Gasteiger partial charge in [0.1, 0.15) is 11.6 Å². The van der Waals surface area contributed by atoms with Crippen LogP contribution in [-0.2, 0) is 17.9 Å². The van der Waals surface area contributed by atoms with Gasteiger partial charge in [-0.15, -0.1) is 0 Å². The lowest BCUT2D eigenvalue weighted by atomic mass is 10.1. The van der Waals surface area contributed by atoms with E-state index in [4.69, 9.17) is 15.1 Å². The Labute approximate surface area is 139 Å². The topological polar surface area (TPSA) is 82.3 Å². The molecule has 0 saturated heterocycles. The molecule has 0 radical (unpaired) electrons. The van der Waals surface area contributed by atoms with Gasteiger partial charge in [-0.05, 0) is 42.8 Å². The van der Waals surface area contributed by atoms with E-state index in [1.54, 1.807) is 31.2 Å². The summed E-state index contributed by atoms with van der Waals surface area (Å²) in [7, 11) is 0. The Morgan fingerprint density at radius 2 is 2.17 bits per heavy atom. The number of aliphatic hydroxyl groups excluding tert-OH is 1. The number of benzene rings is 2. The number of hydrogen-bond acceptors (Lipinski definition) is 4. The van der Waals surface area contributed by atoms with Crippen molar-refractivity contribution in [2.45, 2.75) is 26.2 Å². The molecule has 0 saturated carbocycles. The molecule has 1 unspecified atom stereocenters. The first-order valence-corrected chi connectivity index (χ1v) is 7.36. The van der Waals surface area contributed by atoms with Crippen molar-refractivity contribution in [3.05, 3.63) is 65.0 Å². The molecule has 0 heterocycles. The molecular formula is C18H17FN2O3. The number of rotatable bonds is 6. The number of hydrogen-bond donors (Lipinski definition) is 2. The number of carbonyl (C=O) groups is 1. The summed E-state index contributed by atoms with van der Waals surface area (Å²) in [6, 6.07) is 12.8. The highest BCUT2D eigenvalue weighted by Crippen LogP contribution is 2.15. The quantitative estimate of drug-likeness (QED) is 0.852. The van der Waals surface area contributed by atoms with E-state index in [-0.39, 0.29) is 18.0 Å². The van der Waals surface area contributed by atoms with E-state index < -0.39 is 18.5 Å². The van der Waals surface area contributed by atoms with Gasteiger partial charge in [-0.2, -0.15) is 5.26 Å². The van der Waals surface area contributed by atoms with E-state index in [0.29, 0.717) is 16.9 Å². The Morgan fingerprint density at radius 3 is 2.88 bits per heavy atom. The van der Waals surface area contributed by atoms with Crippen molar-refractivity contribution in [1.29, 1.82) is 5.26 Å². The maximum absolute atomic E-state index is 13.3. The lowest BCUT2D eigenvalue weighted by molar-refractivity contribution is -0.127. The van der Waals surface area contributed by atoms with Gasteiger partial charge < -0.3 is 15.2 Å². The second kappa shape index (κ2) is 8.09. The molecule has 0 aliphatic heterocycles. The Kier molecular flexibility index (Phi) is 5.88. The SMILES string of the molecule is CC(Oc1cccc(C#N)c1)C(=O)NCc1ccc(F)c(CO)c1. The van der Waals surface area contributed by atoms with Crippen LogP contribution < -0.4 is 10.1 Å². The molecule has 2 rings (SSSR count). The minimum Gasteiger partial charge on any atom is -0.481 e. The van der Waals surface area contributed by atoms with E-state index in [1.165, 1.54) is 18.2 Å². The molecule has 0 aliphatic carbocycles. The average Bonchev–Trinajstić information content (AvgIpc) is 2.60. The molecule has 0 bridgehead atoms. The largest absolute Gasteiger partial charge is 0.481 e. The number of amides is 1. The predicted octanol–water partition coefficient (Wildman–Crippen LogP) is 2.27. The highest BCUT2D eigenvalue weighted by atomic mass is 19.1. The maximum atomic E-state index is 13.3. The normalized spacial score (nSPS) is 11.4. The van der Waals surface area contributed by atoms with Gasteiger partial charge in [0.05, 0.1) is 18.2 Å². The van der Waals surface area contributed by atoms with Crippen LogP contribution >= 0.6 is 0 Å². The summed E-state index contributed by atoms with van der Waals surface area (Å²) in [6.07, 6.45) is -0.753. The van der Waals surface area contributed by atoms with Crippen LogP contribution in [0.5, 0.6) is 5.75 Å². The summed E-state index contributed by atoms with van der Waals surface area (Å²) in [6.45, 7) is 1.39. The Hall–Kier alpha value is -2.91. The predicted molar refractivity (Wildman–Crippen MR) is 85.4 cm³/mol. The molecular weight excluding hydrogens is 311 g/mol. The fourth-order valence-electron chi connectivity index (χ4n) is 2.09. The monoisotopic (exact) mass is 328 g/mol. The number of nitrogens with zero attached hydrogens (tertiary/aromatic N) is 1. The fraction of sp³-hybridized carbons (Fsp3) is 0.222. The van der Waals surface area contributed by atoms with Gasteiger partial charge in [-0.25, -0.2) is 4.39 Å². The van der Waals surface area contributed by atoms with Gasteiger partial charge in [0, 0.05) is 12.1 Å². The number of ether oxygens (including phenoxy) is 1. The molecule has 2 N–H and O–H groups in total. The second-order valence-electron chi connectivity index (χ2n) is 5.20. The zero-order chi connectivity index (χ0) is 17.5. The minimum atomic E-state index is -0.753. The van der Waals surface area contributed by atoms with Crippen molar-refractivity contribution in [2.75, 3.05) is 0 Å². The first-order chi connectivity index (χ1) is 11.5. The second-order valence-corrected chi connectivity index (χ2v) is 5.20. The van der Waals surface area contributed by atoms with Crippen molar-refractivity contribution in [3.8, 4) is 11.8 Å². The molecule has 124 valence electrons. The number of nitriles is 1. The summed E-state index contributed by atoms with van der Waals surface area (Å²) in [5.41, 5.74) is 1.30. The Morgan fingerprint density at radius 1 is 1.38 bits per heavy atom. The van der Waals surface area contributed by atoms with Gasteiger partial charge in [0.2, 0.25) is 0 Å². The Balaban J connectivity index is 1.93. The smallest absolute Gasteiger partial charge is 0.261 e.